The minimum absolute atomic E-state index is 0.0911. The number of ether oxygens (including phenoxy) is 1. The van der Waals surface area contributed by atoms with Gasteiger partial charge in [-0.05, 0) is 64.7 Å². The van der Waals surface area contributed by atoms with Crippen LogP contribution in [0, 0.1) is 10.8 Å². The summed E-state index contributed by atoms with van der Waals surface area (Å²) in [5, 5.41) is 4.28. The fourth-order valence-corrected chi connectivity index (χ4v) is 3.84. The third-order valence-electron chi connectivity index (χ3n) is 5.42. The standard InChI is InChI=1S/C17H30N2O4/c1-15(2,3)23-14(21)18-12-16-6-9-17(10-7-16,11-8-16)13(20)19(4)22-5/h6-12H2,1-5H3,(H,18,21). The molecule has 0 saturated heterocycles. The maximum Gasteiger partial charge on any atom is 0.407 e. The van der Waals surface area contributed by atoms with Crippen LogP contribution in [-0.4, -0.2) is 43.4 Å². The van der Waals surface area contributed by atoms with E-state index in [0.717, 1.165) is 38.5 Å². The molecular weight excluding hydrogens is 296 g/mol. The van der Waals surface area contributed by atoms with E-state index in [1.165, 1.54) is 12.2 Å². The number of hydrogen-bond acceptors (Lipinski definition) is 4. The van der Waals surface area contributed by atoms with Crippen LogP contribution >= 0.6 is 0 Å². The number of hydrogen-bond donors (Lipinski definition) is 1. The van der Waals surface area contributed by atoms with Gasteiger partial charge in [-0.2, -0.15) is 0 Å². The van der Waals surface area contributed by atoms with Crippen molar-refractivity contribution in [2.75, 3.05) is 20.7 Å². The van der Waals surface area contributed by atoms with Crippen molar-refractivity contribution in [3.05, 3.63) is 0 Å². The van der Waals surface area contributed by atoms with Crippen molar-refractivity contribution in [3.8, 4) is 0 Å². The fourth-order valence-electron chi connectivity index (χ4n) is 3.84. The van der Waals surface area contributed by atoms with E-state index in [0.29, 0.717) is 6.54 Å². The Morgan fingerprint density at radius 2 is 1.61 bits per heavy atom. The van der Waals surface area contributed by atoms with Crippen molar-refractivity contribution in [1.29, 1.82) is 0 Å². The summed E-state index contributed by atoms with van der Waals surface area (Å²) in [6.07, 6.45) is 5.15. The Hall–Kier alpha value is -1.30. The Bertz CT molecular complexity index is 445. The number of fused-ring (bicyclic) bond motifs is 3. The van der Waals surface area contributed by atoms with Crippen molar-refractivity contribution in [1.82, 2.24) is 10.4 Å². The number of rotatable bonds is 4. The number of alkyl carbamates (subject to hydrolysis) is 1. The fraction of sp³-hybridized carbons (Fsp3) is 0.882. The van der Waals surface area contributed by atoms with Crippen LogP contribution in [0.5, 0.6) is 0 Å². The van der Waals surface area contributed by atoms with Crippen molar-refractivity contribution in [2.24, 2.45) is 10.8 Å². The van der Waals surface area contributed by atoms with Gasteiger partial charge in [-0.1, -0.05) is 0 Å². The number of carbonyl (C=O) groups is 2. The number of amides is 2. The molecule has 3 rings (SSSR count). The van der Waals surface area contributed by atoms with Crippen LogP contribution in [0.15, 0.2) is 0 Å². The molecule has 23 heavy (non-hydrogen) atoms. The van der Waals surface area contributed by atoms with Crippen LogP contribution in [0.1, 0.15) is 59.3 Å². The molecule has 6 heteroatoms. The highest BCUT2D eigenvalue weighted by Gasteiger charge is 2.53. The topological polar surface area (TPSA) is 67.9 Å². The van der Waals surface area contributed by atoms with Crippen LogP contribution in [-0.2, 0) is 14.4 Å². The van der Waals surface area contributed by atoms with Gasteiger partial charge in [0.05, 0.1) is 12.5 Å². The van der Waals surface area contributed by atoms with Gasteiger partial charge in [0.25, 0.3) is 5.91 Å². The maximum atomic E-state index is 12.5. The largest absolute Gasteiger partial charge is 0.444 e. The van der Waals surface area contributed by atoms with Crippen molar-refractivity contribution in [2.45, 2.75) is 64.9 Å². The monoisotopic (exact) mass is 326 g/mol. The summed E-state index contributed by atoms with van der Waals surface area (Å²) in [5.41, 5.74) is -0.629. The summed E-state index contributed by atoms with van der Waals surface area (Å²) in [6.45, 7) is 6.21. The molecule has 6 nitrogen and oxygen atoms in total. The molecule has 3 saturated carbocycles. The van der Waals surface area contributed by atoms with E-state index in [4.69, 9.17) is 9.57 Å². The average Bonchev–Trinajstić information content (AvgIpc) is 2.52. The first-order valence-corrected chi connectivity index (χ1v) is 8.41. The number of nitrogens with one attached hydrogen (secondary N) is 1. The summed E-state index contributed by atoms with van der Waals surface area (Å²) in [6, 6.07) is 0. The third kappa shape index (κ3) is 3.97. The lowest BCUT2D eigenvalue weighted by Crippen LogP contribution is -2.53. The molecule has 3 aliphatic rings. The second-order valence-electron chi connectivity index (χ2n) is 8.12. The van der Waals surface area contributed by atoms with E-state index < -0.39 is 5.60 Å². The zero-order valence-corrected chi connectivity index (χ0v) is 15.0. The van der Waals surface area contributed by atoms with E-state index in [1.807, 2.05) is 20.8 Å². The van der Waals surface area contributed by atoms with Crippen molar-refractivity contribution in [3.63, 3.8) is 0 Å². The van der Waals surface area contributed by atoms with Gasteiger partial charge in [0.1, 0.15) is 5.60 Å². The lowest BCUT2D eigenvalue weighted by atomic mass is 9.53. The molecule has 1 N–H and O–H groups in total. The molecule has 0 atom stereocenters. The second kappa shape index (κ2) is 6.30. The molecule has 0 spiro atoms. The van der Waals surface area contributed by atoms with E-state index in [1.54, 1.807) is 7.05 Å². The third-order valence-corrected chi connectivity index (χ3v) is 5.42. The lowest BCUT2D eigenvalue weighted by Gasteiger charge is -2.53. The molecule has 3 fully saturated rings. The van der Waals surface area contributed by atoms with E-state index in [9.17, 15) is 9.59 Å². The Morgan fingerprint density at radius 3 is 2.04 bits per heavy atom. The smallest absolute Gasteiger partial charge is 0.407 e. The van der Waals surface area contributed by atoms with Gasteiger partial charge < -0.3 is 10.1 Å². The number of hydroxylamine groups is 2. The van der Waals surface area contributed by atoms with E-state index in [-0.39, 0.29) is 22.8 Å². The van der Waals surface area contributed by atoms with Gasteiger partial charge in [-0.3, -0.25) is 9.63 Å². The minimum atomic E-state index is -0.479. The van der Waals surface area contributed by atoms with Gasteiger partial charge in [0, 0.05) is 13.6 Å². The average molecular weight is 326 g/mol. The molecular formula is C17H30N2O4. The Kier molecular flexibility index (Phi) is 4.95. The first-order valence-electron chi connectivity index (χ1n) is 8.41. The molecule has 0 aromatic heterocycles. The molecule has 132 valence electrons. The molecule has 0 aliphatic heterocycles. The Morgan fingerprint density at radius 1 is 1.09 bits per heavy atom. The molecule has 0 aromatic rings. The normalized spacial score (nSPS) is 30.0. The van der Waals surface area contributed by atoms with Gasteiger partial charge in [0.15, 0.2) is 0 Å². The molecule has 3 aliphatic carbocycles. The zero-order valence-electron chi connectivity index (χ0n) is 15.0. The van der Waals surface area contributed by atoms with E-state index in [2.05, 4.69) is 5.32 Å². The van der Waals surface area contributed by atoms with Crippen LogP contribution in [0.25, 0.3) is 0 Å². The summed E-state index contributed by atoms with van der Waals surface area (Å²) >= 11 is 0. The number of carbonyl (C=O) groups excluding carboxylic acids is 2. The Balaban J connectivity index is 1.90. The predicted octanol–water partition coefficient (Wildman–Crippen LogP) is 2.87. The zero-order chi connectivity index (χ0) is 17.3. The minimum Gasteiger partial charge on any atom is -0.444 e. The number of nitrogens with zero attached hydrogens (tertiary/aromatic N) is 1. The highest BCUT2D eigenvalue weighted by molar-refractivity contribution is 5.82. The van der Waals surface area contributed by atoms with Crippen LogP contribution in [0.3, 0.4) is 0 Å². The van der Waals surface area contributed by atoms with Crippen LogP contribution in [0.2, 0.25) is 0 Å². The van der Waals surface area contributed by atoms with Crippen molar-refractivity contribution >= 4 is 12.0 Å². The maximum absolute atomic E-state index is 12.5. The second-order valence-corrected chi connectivity index (χ2v) is 8.12. The van der Waals surface area contributed by atoms with Crippen molar-refractivity contribution < 1.29 is 19.2 Å². The highest BCUT2D eigenvalue weighted by Crippen LogP contribution is 2.57. The Labute approximate surface area is 138 Å². The van der Waals surface area contributed by atoms with Crippen LogP contribution < -0.4 is 5.32 Å². The SMILES string of the molecule is CON(C)C(=O)C12CCC(CNC(=O)OC(C)(C)C)(CC1)CC2. The highest BCUT2D eigenvalue weighted by atomic mass is 16.7. The summed E-state index contributed by atoms with van der Waals surface area (Å²) < 4.78 is 5.31. The molecule has 0 unspecified atom stereocenters. The quantitative estimate of drug-likeness (QED) is 0.807. The first-order chi connectivity index (χ1) is 10.6. The lowest BCUT2D eigenvalue weighted by molar-refractivity contribution is -0.188. The summed E-state index contributed by atoms with van der Waals surface area (Å²) in [7, 11) is 3.20. The predicted molar refractivity (Wildman–Crippen MR) is 86.6 cm³/mol. The van der Waals surface area contributed by atoms with Gasteiger partial charge in [-0.25, -0.2) is 9.86 Å². The van der Waals surface area contributed by atoms with Gasteiger partial charge in [-0.15, -0.1) is 0 Å². The molecule has 0 aromatic carbocycles. The summed E-state index contributed by atoms with van der Waals surface area (Å²) in [5.74, 6) is 0.0911. The first kappa shape index (κ1) is 18.0. The van der Waals surface area contributed by atoms with Gasteiger partial charge in [0.2, 0.25) is 0 Å². The summed E-state index contributed by atoms with van der Waals surface area (Å²) in [4.78, 5) is 29.5. The molecule has 0 radical (unpaired) electrons. The van der Waals surface area contributed by atoms with Gasteiger partial charge >= 0.3 is 6.09 Å². The van der Waals surface area contributed by atoms with E-state index >= 15 is 0 Å². The molecule has 2 amide bonds. The molecule has 0 heterocycles. The molecule has 2 bridgehead atoms. The van der Waals surface area contributed by atoms with Crippen LogP contribution in [0.4, 0.5) is 4.79 Å².